The number of hydrogen-bond acceptors (Lipinski definition) is 3. The third kappa shape index (κ3) is 3.32. The predicted octanol–water partition coefficient (Wildman–Crippen LogP) is 10.8. The van der Waals surface area contributed by atoms with E-state index in [1.807, 2.05) is 23.6 Å². The first kappa shape index (κ1) is 23.8. The molecule has 0 atom stereocenters. The summed E-state index contributed by atoms with van der Waals surface area (Å²) in [4.78, 5) is 9.67. The van der Waals surface area contributed by atoms with Crippen molar-refractivity contribution in [1.29, 1.82) is 0 Å². The van der Waals surface area contributed by atoms with Crippen LogP contribution >= 0.6 is 11.3 Å². The summed E-state index contributed by atoms with van der Waals surface area (Å²) in [5.74, 6) is 0. The van der Waals surface area contributed by atoms with Gasteiger partial charge in [0.15, 0.2) is 0 Å². The fourth-order valence-corrected chi connectivity index (χ4v) is 8.18. The minimum Gasteiger partial charge on any atom is -0.254 e. The first-order valence-electron chi connectivity index (χ1n) is 14.4. The lowest BCUT2D eigenvalue weighted by atomic mass is 9.82. The van der Waals surface area contributed by atoms with Crippen molar-refractivity contribution in [2.24, 2.45) is 0 Å². The van der Waals surface area contributed by atoms with Gasteiger partial charge in [-0.25, -0.2) is 4.98 Å². The van der Waals surface area contributed by atoms with Crippen molar-refractivity contribution in [3.8, 4) is 33.5 Å². The molecule has 1 aliphatic rings. The molecule has 0 saturated carbocycles. The normalized spacial score (nSPS) is 13.7. The first-order valence-corrected chi connectivity index (χ1v) is 15.2. The third-order valence-electron chi connectivity index (χ3n) is 9.12. The summed E-state index contributed by atoms with van der Waals surface area (Å²) >= 11 is 1.91. The molecule has 0 amide bonds. The summed E-state index contributed by atoms with van der Waals surface area (Å²) in [5.41, 5.74) is 12.1. The van der Waals surface area contributed by atoms with Crippen LogP contribution in [0.15, 0.2) is 121 Å². The van der Waals surface area contributed by atoms with E-state index in [0.29, 0.717) is 0 Å². The maximum atomic E-state index is 5.05. The zero-order valence-electron chi connectivity index (χ0n) is 23.3. The van der Waals surface area contributed by atoms with E-state index in [0.717, 1.165) is 33.1 Å². The smallest absolute Gasteiger partial charge is 0.0972 e. The van der Waals surface area contributed by atoms with Crippen LogP contribution in [0.5, 0.6) is 0 Å². The fraction of sp³-hybridized carbons (Fsp3) is 0.0769. The van der Waals surface area contributed by atoms with Gasteiger partial charge in [-0.15, -0.1) is 11.3 Å². The van der Waals surface area contributed by atoms with Gasteiger partial charge >= 0.3 is 0 Å². The minimum absolute atomic E-state index is 0.00804. The van der Waals surface area contributed by atoms with Gasteiger partial charge in [0.25, 0.3) is 0 Å². The van der Waals surface area contributed by atoms with Crippen LogP contribution < -0.4 is 0 Å². The number of nitrogens with zero attached hydrogens (tertiary/aromatic N) is 2. The summed E-state index contributed by atoms with van der Waals surface area (Å²) in [6, 6.07) is 41.9. The molecule has 198 valence electrons. The average Bonchev–Trinajstić information content (AvgIpc) is 3.52. The molecule has 5 aromatic carbocycles. The zero-order valence-corrected chi connectivity index (χ0v) is 24.2. The highest BCUT2D eigenvalue weighted by Crippen LogP contribution is 2.52. The molecule has 8 aromatic rings. The van der Waals surface area contributed by atoms with Crippen molar-refractivity contribution in [2.45, 2.75) is 19.3 Å². The van der Waals surface area contributed by atoms with E-state index in [1.54, 1.807) is 0 Å². The minimum atomic E-state index is 0.00804. The van der Waals surface area contributed by atoms with Gasteiger partial charge in [0.2, 0.25) is 0 Å². The number of aromatic nitrogens is 2. The highest BCUT2D eigenvalue weighted by molar-refractivity contribution is 7.26. The predicted molar refractivity (Wildman–Crippen MR) is 178 cm³/mol. The van der Waals surface area contributed by atoms with Crippen LogP contribution in [-0.4, -0.2) is 9.97 Å². The Morgan fingerprint density at radius 1 is 0.571 bits per heavy atom. The van der Waals surface area contributed by atoms with Crippen molar-refractivity contribution in [2.75, 3.05) is 0 Å². The van der Waals surface area contributed by atoms with Crippen LogP contribution in [0, 0.1) is 0 Å². The van der Waals surface area contributed by atoms with E-state index in [4.69, 9.17) is 4.98 Å². The molecule has 3 heterocycles. The lowest BCUT2D eigenvalue weighted by Crippen LogP contribution is -2.14. The van der Waals surface area contributed by atoms with Crippen molar-refractivity contribution in [1.82, 2.24) is 9.97 Å². The van der Waals surface area contributed by atoms with Gasteiger partial charge in [0.1, 0.15) is 0 Å². The molecule has 0 bridgehead atoms. The fourth-order valence-electron chi connectivity index (χ4n) is 6.92. The van der Waals surface area contributed by atoms with E-state index in [9.17, 15) is 0 Å². The second-order valence-corrected chi connectivity index (χ2v) is 12.9. The van der Waals surface area contributed by atoms with Crippen LogP contribution in [0.3, 0.4) is 0 Å². The second kappa shape index (κ2) is 8.58. The van der Waals surface area contributed by atoms with Gasteiger partial charge < -0.3 is 0 Å². The second-order valence-electron chi connectivity index (χ2n) is 11.8. The molecule has 2 nitrogen and oxygen atoms in total. The molecule has 9 rings (SSSR count). The van der Waals surface area contributed by atoms with Crippen molar-refractivity contribution in [3.63, 3.8) is 0 Å². The quantitative estimate of drug-likeness (QED) is 0.199. The van der Waals surface area contributed by atoms with Gasteiger partial charge in [0.05, 0.1) is 16.7 Å². The molecule has 0 radical (unpaired) electrons. The lowest BCUT2D eigenvalue weighted by molar-refractivity contribution is 0.661. The molecule has 3 aromatic heterocycles. The number of pyridine rings is 2. The van der Waals surface area contributed by atoms with Gasteiger partial charge in [-0.05, 0) is 57.6 Å². The van der Waals surface area contributed by atoms with Crippen molar-refractivity contribution in [3.05, 3.63) is 133 Å². The molecule has 0 aliphatic heterocycles. The van der Waals surface area contributed by atoms with Crippen LogP contribution in [0.25, 0.3) is 75.5 Å². The zero-order chi connectivity index (χ0) is 28.0. The average molecular weight is 555 g/mol. The van der Waals surface area contributed by atoms with Gasteiger partial charge in [-0.2, -0.15) is 0 Å². The molecular weight excluding hydrogens is 529 g/mol. The maximum Gasteiger partial charge on any atom is 0.0972 e. The van der Waals surface area contributed by atoms with Crippen LogP contribution in [0.1, 0.15) is 25.0 Å². The van der Waals surface area contributed by atoms with Gasteiger partial charge in [-0.1, -0.05) is 105 Å². The first-order chi connectivity index (χ1) is 20.6. The van der Waals surface area contributed by atoms with E-state index in [1.165, 1.54) is 53.6 Å². The largest absolute Gasteiger partial charge is 0.254 e. The molecule has 0 fully saturated rings. The highest BCUT2D eigenvalue weighted by Gasteiger charge is 2.35. The Morgan fingerprint density at radius 2 is 1.33 bits per heavy atom. The monoisotopic (exact) mass is 554 g/mol. The van der Waals surface area contributed by atoms with E-state index < -0.39 is 0 Å². The lowest BCUT2D eigenvalue weighted by Gasteiger charge is -2.21. The van der Waals surface area contributed by atoms with Crippen LogP contribution in [-0.2, 0) is 5.41 Å². The Balaban J connectivity index is 1.15. The van der Waals surface area contributed by atoms with Crippen LogP contribution in [0.2, 0.25) is 0 Å². The van der Waals surface area contributed by atoms with E-state index >= 15 is 0 Å². The van der Waals surface area contributed by atoms with Crippen LogP contribution in [0.4, 0.5) is 0 Å². The van der Waals surface area contributed by atoms with Gasteiger partial charge in [-0.3, -0.25) is 4.98 Å². The number of thiophene rings is 1. The Hall–Kier alpha value is -4.86. The van der Waals surface area contributed by atoms with Crippen molar-refractivity contribution >= 4 is 53.3 Å². The molecule has 0 saturated heterocycles. The Kier molecular flexibility index (Phi) is 4.86. The number of fused-ring (bicyclic) bond motifs is 9. The summed E-state index contributed by atoms with van der Waals surface area (Å²) in [6.45, 7) is 4.71. The Labute approximate surface area is 247 Å². The number of rotatable bonds is 2. The van der Waals surface area contributed by atoms with Gasteiger partial charge in [0, 0.05) is 48.1 Å². The summed E-state index contributed by atoms with van der Waals surface area (Å²) in [7, 11) is 0. The summed E-state index contributed by atoms with van der Waals surface area (Å²) in [5, 5.41) is 4.90. The van der Waals surface area contributed by atoms with E-state index in [-0.39, 0.29) is 5.41 Å². The number of hydrogen-bond donors (Lipinski definition) is 0. The highest BCUT2D eigenvalue weighted by atomic mass is 32.1. The molecular formula is C39H26N2S. The SMILES string of the molecule is CC1(C)c2ccccc2-c2cc3c(cc21)sc1c(-c2ccc(-c4ccc5ccc6cccnc6c5n4)cc2)cccc13. The van der Waals surface area contributed by atoms with E-state index in [2.05, 4.69) is 128 Å². The standard InChI is InChI=1S/C39H26N2S/c1-39(2)32-11-4-3-8-28(32)30-21-31-29-10-5-9-27(38(29)42-35(31)22-33(30)39)23-12-14-24(15-13-23)34-19-18-26-17-16-25-7-6-20-40-36(25)37(26)41-34/h3-22H,1-2H3. The Bertz CT molecular complexity index is 2380. The molecule has 1 aliphatic carbocycles. The molecule has 0 spiro atoms. The summed E-state index contributed by atoms with van der Waals surface area (Å²) in [6.07, 6.45) is 1.84. The molecule has 3 heteroatoms. The maximum absolute atomic E-state index is 5.05. The summed E-state index contributed by atoms with van der Waals surface area (Å²) < 4.78 is 2.70. The third-order valence-corrected chi connectivity index (χ3v) is 10.3. The molecule has 0 unspecified atom stereocenters. The molecule has 0 N–H and O–H groups in total. The van der Waals surface area contributed by atoms with Crippen molar-refractivity contribution < 1.29 is 0 Å². The number of benzene rings is 5. The Morgan fingerprint density at radius 3 is 2.21 bits per heavy atom. The molecule has 42 heavy (non-hydrogen) atoms. The topological polar surface area (TPSA) is 25.8 Å².